The van der Waals surface area contributed by atoms with Crippen molar-refractivity contribution >= 4 is 0 Å². The van der Waals surface area contributed by atoms with Crippen LogP contribution in [0.4, 0.5) is 0 Å². The third-order valence-corrected chi connectivity index (χ3v) is 8.99. The Morgan fingerprint density at radius 1 is 0.618 bits per heavy atom. The standard InChI is InChI=1S/C33H56O/c1-3-5-7-8-10-13-28-15-17-30(18-16-28)14-11-27-34-33-25-23-32(24-26-33)31-21-19-29(20-22-31)12-9-6-4-2/h19-22,28,30,32-33H,3-18,23-27H2,1-2H3/t28-,30-,32-,33-. The number of ether oxygens (including phenoxy) is 1. The maximum absolute atomic E-state index is 6.34. The van der Waals surface area contributed by atoms with Gasteiger partial charge < -0.3 is 4.74 Å². The van der Waals surface area contributed by atoms with Gasteiger partial charge in [-0.05, 0) is 80.2 Å². The molecule has 1 aromatic carbocycles. The number of unbranched alkanes of at least 4 members (excludes halogenated alkanes) is 6. The third-order valence-electron chi connectivity index (χ3n) is 8.99. The summed E-state index contributed by atoms with van der Waals surface area (Å²) < 4.78 is 6.34. The SMILES string of the molecule is CCCCCCC[C@H]1CC[C@H](CCCO[C@H]2CC[C@H](c3ccc(CCCCC)cc3)CC2)CC1. The van der Waals surface area contributed by atoms with Crippen molar-refractivity contribution in [1.82, 2.24) is 0 Å². The number of hydrogen-bond acceptors (Lipinski definition) is 1. The summed E-state index contributed by atoms with van der Waals surface area (Å²) in [6.45, 7) is 5.59. The quantitative estimate of drug-likeness (QED) is 0.219. The highest BCUT2D eigenvalue weighted by atomic mass is 16.5. The molecule has 194 valence electrons. The van der Waals surface area contributed by atoms with Gasteiger partial charge in [0.25, 0.3) is 0 Å². The fourth-order valence-electron chi connectivity index (χ4n) is 6.57. The van der Waals surface area contributed by atoms with Crippen molar-refractivity contribution in [2.75, 3.05) is 6.61 Å². The zero-order chi connectivity index (χ0) is 23.8. The summed E-state index contributed by atoms with van der Waals surface area (Å²) in [4.78, 5) is 0. The van der Waals surface area contributed by atoms with Crippen LogP contribution in [0.1, 0.15) is 153 Å². The van der Waals surface area contributed by atoms with Gasteiger partial charge >= 0.3 is 0 Å². The lowest BCUT2D eigenvalue weighted by atomic mass is 9.78. The first-order valence-electron chi connectivity index (χ1n) is 15.5. The second-order valence-electron chi connectivity index (χ2n) is 11.8. The highest BCUT2D eigenvalue weighted by Crippen LogP contribution is 2.36. The molecule has 34 heavy (non-hydrogen) atoms. The largest absolute Gasteiger partial charge is 0.378 e. The highest BCUT2D eigenvalue weighted by Gasteiger charge is 2.24. The van der Waals surface area contributed by atoms with E-state index in [1.165, 1.54) is 134 Å². The van der Waals surface area contributed by atoms with E-state index in [0.29, 0.717) is 6.10 Å². The minimum absolute atomic E-state index is 0.521. The van der Waals surface area contributed by atoms with E-state index in [-0.39, 0.29) is 0 Å². The van der Waals surface area contributed by atoms with Gasteiger partial charge in [-0.1, -0.05) is 115 Å². The van der Waals surface area contributed by atoms with Crippen molar-refractivity contribution in [3.63, 3.8) is 0 Å². The Morgan fingerprint density at radius 2 is 1.21 bits per heavy atom. The monoisotopic (exact) mass is 468 g/mol. The predicted molar refractivity (Wildman–Crippen MR) is 149 cm³/mol. The van der Waals surface area contributed by atoms with Crippen LogP contribution in [-0.4, -0.2) is 12.7 Å². The van der Waals surface area contributed by atoms with Crippen LogP contribution >= 0.6 is 0 Å². The van der Waals surface area contributed by atoms with Gasteiger partial charge in [-0.2, -0.15) is 0 Å². The lowest BCUT2D eigenvalue weighted by molar-refractivity contribution is 0.0204. The molecule has 0 saturated heterocycles. The van der Waals surface area contributed by atoms with Crippen LogP contribution in [0, 0.1) is 11.8 Å². The van der Waals surface area contributed by atoms with Crippen molar-refractivity contribution < 1.29 is 4.74 Å². The molecule has 1 aromatic rings. The van der Waals surface area contributed by atoms with Crippen LogP contribution in [0.3, 0.4) is 0 Å². The van der Waals surface area contributed by atoms with E-state index in [4.69, 9.17) is 4.74 Å². The fourth-order valence-corrected chi connectivity index (χ4v) is 6.57. The average Bonchev–Trinajstić information content (AvgIpc) is 2.88. The van der Waals surface area contributed by atoms with Gasteiger partial charge in [0.1, 0.15) is 0 Å². The van der Waals surface area contributed by atoms with E-state index >= 15 is 0 Å². The summed E-state index contributed by atoms with van der Waals surface area (Å²) >= 11 is 0. The molecular weight excluding hydrogens is 412 g/mol. The number of aryl methyl sites for hydroxylation is 1. The first-order valence-corrected chi connectivity index (χ1v) is 15.5. The maximum atomic E-state index is 6.34. The molecule has 3 rings (SSSR count). The molecule has 0 unspecified atom stereocenters. The lowest BCUT2D eigenvalue weighted by Gasteiger charge is -2.30. The van der Waals surface area contributed by atoms with Crippen molar-refractivity contribution in [3.05, 3.63) is 35.4 Å². The molecular formula is C33H56O. The molecule has 0 radical (unpaired) electrons. The van der Waals surface area contributed by atoms with Crippen molar-refractivity contribution in [2.24, 2.45) is 11.8 Å². The van der Waals surface area contributed by atoms with Crippen LogP contribution in [0.25, 0.3) is 0 Å². The zero-order valence-corrected chi connectivity index (χ0v) is 22.9. The fraction of sp³-hybridized carbons (Fsp3) is 0.818. The van der Waals surface area contributed by atoms with Gasteiger partial charge in [-0.15, -0.1) is 0 Å². The molecule has 0 bridgehead atoms. The Kier molecular flexibility index (Phi) is 13.7. The Labute approximate surface area is 212 Å². The minimum atomic E-state index is 0.521. The second kappa shape index (κ2) is 16.8. The maximum Gasteiger partial charge on any atom is 0.0575 e. The molecule has 0 aromatic heterocycles. The molecule has 0 aliphatic heterocycles. The van der Waals surface area contributed by atoms with E-state index < -0.39 is 0 Å². The average molecular weight is 469 g/mol. The Morgan fingerprint density at radius 3 is 1.85 bits per heavy atom. The van der Waals surface area contributed by atoms with Crippen LogP contribution in [0.2, 0.25) is 0 Å². The predicted octanol–water partition coefficient (Wildman–Crippen LogP) is 10.4. The Hall–Kier alpha value is -0.820. The van der Waals surface area contributed by atoms with Crippen LogP contribution in [-0.2, 0) is 11.2 Å². The third kappa shape index (κ3) is 10.4. The van der Waals surface area contributed by atoms with Crippen molar-refractivity contribution in [2.45, 2.75) is 154 Å². The summed E-state index contributed by atoms with van der Waals surface area (Å²) in [5.41, 5.74) is 3.08. The first-order chi connectivity index (χ1) is 16.8. The van der Waals surface area contributed by atoms with Crippen LogP contribution in [0.15, 0.2) is 24.3 Å². The number of benzene rings is 1. The smallest absolute Gasteiger partial charge is 0.0575 e. The Bertz CT molecular complexity index is 604. The zero-order valence-electron chi connectivity index (χ0n) is 22.9. The molecule has 0 amide bonds. The molecule has 0 atom stereocenters. The van der Waals surface area contributed by atoms with Gasteiger partial charge in [-0.3, -0.25) is 0 Å². The van der Waals surface area contributed by atoms with Gasteiger partial charge in [0, 0.05) is 6.61 Å². The number of hydrogen-bond donors (Lipinski definition) is 0. The molecule has 0 heterocycles. The summed E-state index contributed by atoms with van der Waals surface area (Å²) in [5.74, 6) is 2.79. The number of rotatable bonds is 16. The van der Waals surface area contributed by atoms with Crippen LogP contribution < -0.4 is 0 Å². The van der Waals surface area contributed by atoms with Crippen molar-refractivity contribution in [1.29, 1.82) is 0 Å². The normalized spacial score (nSPS) is 25.5. The Balaban J connectivity index is 1.20. The lowest BCUT2D eigenvalue weighted by Crippen LogP contribution is -2.21. The van der Waals surface area contributed by atoms with E-state index in [2.05, 4.69) is 38.1 Å². The van der Waals surface area contributed by atoms with E-state index in [1.54, 1.807) is 5.56 Å². The van der Waals surface area contributed by atoms with Crippen LogP contribution in [0.5, 0.6) is 0 Å². The van der Waals surface area contributed by atoms with Gasteiger partial charge in [0.15, 0.2) is 0 Å². The molecule has 0 N–H and O–H groups in total. The molecule has 2 saturated carbocycles. The first kappa shape index (κ1) is 27.8. The topological polar surface area (TPSA) is 9.23 Å². The minimum Gasteiger partial charge on any atom is -0.378 e. The van der Waals surface area contributed by atoms with Crippen molar-refractivity contribution in [3.8, 4) is 0 Å². The van der Waals surface area contributed by atoms with Gasteiger partial charge in [0.05, 0.1) is 6.10 Å². The molecule has 2 fully saturated rings. The summed E-state index contributed by atoms with van der Waals surface area (Å²) in [5, 5.41) is 0. The molecule has 2 aliphatic rings. The summed E-state index contributed by atoms with van der Waals surface area (Å²) in [6, 6.07) is 9.59. The summed E-state index contributed by atoms with van der Waals surface area (Å²) in [7, 11) is 0. The molecule has 0 spiro atoms. The second-order valence-corrected chi connectivity index (χ2v) is 11.8. The highest BCUT2D eigenvalue weighted by molar-refractivity contribution is 5.26. The summed E-state index contributed by atoms with van der Waals surface area (Å²) in [6.07, 6.45) is 28.3. The van der Waals surface area contributed by atoms with E-state index in [9.17, 15) is 0 Å². The van der Waals surface area contributed by atoms with Gasteiger partial charge in [-0.25, -0.2) is 0 Å². The molecule has 2 aliphatic carbocycles. The van der Waals surface area contributed by atoms with E-state index in [0.717, 1.165) is 24.4 Å². The van der Waals surface area contributed by atoms with Gasteiger partial charge in [0.2, 0.25) is 0 Å². The van der Waals surface area contributed by atoms with E-state index in [1.807, 2.05) is 0 Å². The molecule has 1 nitrogen and oxygen atoms in total. The molecule has 1 heteroatoms.